The van der Waals surface area contributed by atoms with E-state index < -0.39 is 50.1 Å². The SMILES string of the molecule is Cc1cn(-c2cc(-c3nc4ccc([N+](=O)[O-])cc4[nH]3)cc(C(F)(F)F)c2)cn1.Cc1cn(-c2cc(C(=O)O)cc(C(F)(F)F)c2)cn1.Nc1ccc([N+](=O)[O-])cc1N.O=P(Cl)(Cl)Cl. The smallest absolute Gasteiger partial charge is 0.416 e. The number of hydrogen-bond acceptors (Lipinski definition) is 11. The Labute approximate surface area is 363 Å². The van der Waals surface area contributed by atoms with Gasteiger partial charge in [-0.3, -0.25) is 24.8 Å². The Kier molecular flexibility index (Phi) is 15.2. The molecule has 4 aromatic carbocycles. The van der Waals surface area contributed by atoms with Gasteiger partial charge in [0.05, 0.1) is 73.0 Å². The van der Waals surface area contributed by atoms with E-state index in [0.29, 0.717) is 34.2 Å². The number of nitrogens with zero attached hydrogens (tertiary/aromatic N) is 7. The summed E-state index contributed by atoms with van der Waals surface area (Å²) in [5, 5.41) is 26.7. The summed E-state index contributed by atoms with van der Waals surface area (Å²) in [7, 11) is 0. The van der Waals surface area contributed by atoms with Gasteiger partial charge in [0.15, 0.2) is 0 Å². The number of nitro groups is 2. The first-order valence-corrected chi connectivity index (χ1v) is 21.3. The number of alkyl halides is 6. The van der Waals surface area contributed by atoms with Crippen molar-refractivity contribution in [2.45, 2.75) is 26.2 Å². The van der Waals surface area contributed by atoms with Gasteiger partial charge >= 0.3 is 23.5 Å². The highest BCUT2D eigenvalue weighted by atomic mass is 36.0. The van der Waals surface area contributed by atoms with Crippen LogP contribution in [-0.4, -0.2) is 50.0 Å². The summed E-state index contributed by atoms with van der Waals surface area (Å²) in [6.45, 7) is 3.42. The molecule has 7 rings (SSSR count). The fraction of sp³-hybridized carbons (Fsp3) is 0.111. The van der Waals surface area contributed by atoms with E-state index in [1.165, 1.54) is 70.5 Å². The highest BCUT2D eigenvalue weighted by molar-refractivity contribution is 8.24. The van der Waals surface area contributed by atoms with Crippen molar-refractivity contribution in [2.75, 3.05) is 11.5 Å². The van der Waals surface area contributed by atoms with Crippen LogP contribution in [0.5, 0.6) is 0 Å². The number of anilines is 2. The van der Waals surface area contributed by atoms with Gasteiger partial charge in [0.1, 0.15) is 5.82 Å². The molecule has 0 atom stereocenters. The normalized spacial score (nSPS) is 11.3. The zero-order chi connectivity index (χ0) is 47.2. The summed E-state index contributed by atoms with van der Waals surface area (Å²) < 4.78 is 90.7. The molecule has 0 spiro atoms. The van der Waals surface area contributed by atoms with Crippen molar-refractivity contribution >= 4 is 78.7 Å². The molecule has 0 saturated carbocycles. The number of carboxylic acids is 1. The monoisotopic (exact) mass is 962 g/mol. The van der Waals surface area contributed by atoms with E-state index in [4.69, 9.17) is 16.6 Å². The molecule has 332 valence electrons. The lowest BCUT2D eigenvalue weighted by Gasteiger charge is -2.12. The van der Waals surface area contributed by atoms with E-state index in [1.807, 2.05) is 0 Å². The third-order valence-corrected chi connectivity index (χ3v) is 7.99. The molecule has 0 aliphatic carbocycles. The number of nitro benzene ring substituents is 2. The Hall–Kier alpha value is -6.68. The summed E-state index contributed by atoms with van der Waals surface area (Å²) in [5.74, 6) is -1.23. The molecule has 63 heavy (non-hydrogen) atoms. The van der Waals surface area contributed by atoms with Crippen molar-refractivity contribution in [3.8, 4) is 22.8 Å². The van der Waals surface area contributed by atoms with Crippen LogP contribution in [0.15, 0.2) is 97.8 Å². The number of H-pyrrole nitrogens is 1. The minimum atomic E-state index is -4.60. The van der Waals surface area contributed by atoms with Crippen LogP contribution in [0.4, 0.5) is 49.1 Å². The number of rotatable bonds is 6. The average molecular weight is 964 g/mol. The fourth-order valence-corrected chi connectivity index (χ4v) is 5.16. The molecule has 0 aliphatic heterocycles. The molecule has 0 aliphatic rings. The van der Waals surface area contributed by atoms with Crippen molar-refractivity contribution in [1.82, 2.24) is 29.1 Å². The third-order valence-electron chi connectivity index (χ3n) is 7.99. The largest absolute Gasteiger partial charge is 0.478 e. The molecule has 6 N–H and O–H groups in total. The maximum Gasteiger partial charge on any atom is 0.416 e. The number of carbonyl (C=O) groups is 1. The van der Waals surface area contributed by atoms with Gasteiger partial charge in [-0.05, 0) is 96.1 Å². The molecule has 0 bridgehead atoms. The molecule has 27 heteroatoms. The van der Waals surface area contributed by atoms with Crippen molar-refractivity contribution in [3.05, 3.63) is 146 Å². The van der Waals surface area contributed by atoms with E-state index in [0.717, 1.165) is 18.2 Å². The van der Waals surface area contributed by atoms with E-state index in [2.05, 4.69) is 53.7 Å². The Morgan fingerprint density at radius 1 is 0.746 bits per heavy atom. The van der Waals surface area contributed by atoms with Crippen molar-refractivity contribution < 1.29 is 50.7 Å². The number of benzene rings is 4. The van der Waals surface area contributed by atoms with Crippen LogP contribution >= 0.6 is 38.9 Å². The topological polar surface area (TPSA) is 257 Å². The second-order valence-corrected chi connectivity index (χ2v) is 19.3. The van der Waals surface area contributed by atoms with Crippen LogP contribution < -0.4 is 11.5 Å². The number of nitrogen functional groups attached to an aromatic ring is 2. The summed E-state index contributed by atoms with van der Waals surface area (Å²) in [4.78, 5) is 46.0. The number of aromatic nitrogens is 6. The van der Waals surface area contributed by atoms with E-state index >= 15 is 0 Å². The summed E-state index contributed by atoms with van der Waals surface area (Å²) in [6.07, 6.45) is -3.27. The van der Waals surface area contributed by atoms with Gasteiger partial charge in [-0.15, -0.1) is 0 Å². The standard InChI is InChI=1S/C18H12F3N5O2.C12H9F3N2O2.C6H7N3O2.Cl3OP/c1-10-8-25(9-22-10)14-5-11(4-12(6-14)18(19,20)21)17-23-15-3-2-13(26(27)28)7-16(15)24-17;1-7-5-17(6-16-7)10-3-8(11(18)19)2-9(4-10)12(13,14)15;7-5-2-1-4(9(10)11)3-6(5)8;1-5(2,3)4/h2-9H,1H3,(H,23,24);2-6H,1H3,(H,18,19);1-3H,7-8H2;. The van der Waals surface area contributed by atoms with E-state index in [-0.39, 0.29) is 39.8 Å². The van der Waals surface area contributed by atoms with Gasteiger partial charge in [0.25, 0.3) is 11.4 Å². The molecule has 7 aromatic rings. The van der Waals surface area contributed by atoms with Crippen molar-refractivity contribution in [1.29, 1.82) is 0 Å². The predicted molar refractivity (Wildman–Crippen MR) is 222 cm³/mol. The maximum absolute atomic E-state index is 13.4. The first kappa shape index (κ1) is 49.0. The first-order chi connectivity index (χ1) is 29.1. The number of aryl methyl sites for hydroxylation is 2. The molecule has 3 heterocycles. The quantitative estimate of drug-likeness (QED) is 0.0399. The average Bonchev–Trinajstić information content (AvgIpc) is 3.94. The Bertz CT molecular complexity index is 2860. The predicted octanol–water partition coefficient (Wildman–Crippen LogP) is 11.1. The van der Waals surface area contributed by atoms with Crippen LogP contribution in [-0.2, 0) is 16.9 Å². The molecule has 0 radical (unpaired) electrons. The molecule has 17 nitrogen and oxygen atoms in total. The Morgan fingerprint density at radius 2 is 1.22 bits per heavy atom. The van der Waals surface area contributed by atoms with Crippen molar-refractivity contribution in [2.24, 2.45) is 0 Å². The molecule has 0 unspecified atom stereocenters. The van der Waals surface area contributed by atoms with Crippen molar-refractivity contribution in [3.63, 3.8) is 0 Å². The summed E-state index contributed by atoms with van der Waals surface area (Å²) >= 11 is 13.8. The van der Waals surface area contributed by atoms with Crippen LogP contribution in [0, 0.1) is 34.1 Å². The number of halogens is 9. The van der Waals surface area contributed by atoms with Gasteiger partial charge < -0.3 is 30.7 Å². The van der Waals surface area contributed by atoms with Gasteiger partial charge in [0, 0.05) is 53.6 Å². The van der Waals surface area contributed by atoms with E-state index in [1.54, 1.807) is 26.1 Å². The zero-order valence-corrected chi connectivity index (χ0v) is 34.9. The minimum absolute atomic E-state index is 0.0447. The molecular weight excluding hydrogens is 936 g/mol. The number of imidazole rings is 3. The number of nitrogens with one attached hydrogen (secondary N) is 1. The molecular formula is C36H28Cl3F6N10O7P. The molecule has 3 aromatic heterocycles. The number of aromatic amines is 1. The van der Waals surface area contributed by atoms with E-state index in [9.17, 15) is 55.9 Å². The maximum atomic E-state index is 13.4. The second-order valence-electron chi connectivity index (χ2n) is 12.7. The number of carboxylic acid groups (broad SMARTS) is 1. The number of aromatic carboxylic acids is 1. The first-order valence-electron chi connectivity index (χ1n) is 16.9. The van der Waals surface area contributed by atoms with Crippen LogP contribution in [0.2, 0.25) is 0 Å². The number of fused-ring (bicyclic) bond motifs is 1. The zero-order valence-electron chi connectivity index (χ0n) is 31.8. The van der Waals surface area contributed by atoms with Gasteiger partial charge in [-0.25, -0.2) is 19.7 Å². The summed E-state index contributed by atoms with van der Waals surface area (Å²) in [6, 6.07) is 14.2. The van der Waals surface area contributed by atoms with Gasteiger partial charge in [0.2, 0.25) is 0 Å². The molecule has 0 amide bonds. The van der Waals surface area contributed by atoms with Crippen LogP contribution in [0.1, 0.15) is 32.9 Å². The third kappa shape index (κ3) is 14.2. The molecule has 0 saturated heterocycles. The minimum Gasteiger partial charge on any atom is -0.478 e. The summed E-state index contributed by atoms with van der Waals surface area (Å²) in [5.41, 5.74) is 11.5. The molecule has 0 fully saturated rings. The lowest BCUT2D eigenvalue weighted by Crippen LogP contribution is -2.09. The highest BCUT2D eigenvalue weighted by Gasteiger charge is 2.33. The lowest BCUT2D eigenvalue weighted by atomic mass is 10.1. The van der Waals surface area contributed by atoms with Gasteiger partial charge in [-0.2, -0.15) is 26.3 Å². The fourth-order valence-electron chi connectivity index (χ4n) is 5.16. The Morgan fingerprint density at radius 3 is 1.67 bits per heavy atom. The second kappa shape index (κ2) is 19.6. The number of nitrogens with two attached hydrogens (primary N) is 2. The highest BCUT2D eigenvalue weighted by Crippen LogP contribution is 2.61. The lowest BCUT2D eigenvalue weighted by molar-refractivity contribution is -0.384. The van der Waals surface area contributed by atoms with Crippen LogP contribution in [0.3, 0.4) is 0 Å². The van der Waals surface area contributed by atoms with Crippen LogP contribution in [0.25, 0.3) is 33.8 Å². The van der Waals surface area contributed by atoms with Gasteiger partial charge in [-0.1, -0.05) is 0 Å². The number of non-ortho nitro benzene ring substituents is 2. The Balaban J connectivity index is 0.000000214. The number of hydrogen-bond donors (Lipinski definition) is 4.